The van der Waals surface area contributed by atoms with E-state index < -0.39 is 6.10 Å². The van der Waals surface area contributed by atoms with E-state index in [4.69, 9.17) is 14.2 Å². The van der Waals surface area contributed by atoms with E-state index in [0.29, 0.717) is 24.4 Å². The van der Waals surface area contributed by atoms with Gasteiger partial charge in [0.15, 0.2) is 0 Å². The molecular weight excluding hydrogens is 458 g/mol. The number of esters is 1. The van der Waals surface area contributed by atoms with Crippen molar-refractivity contribution in [3.8, 4) is 5.75 Å². The van der Waals surface area contributed by atoms with Crippen LogP contribution in [0.4, 0.5) is 5.82 Å². The van der Waals surface area contributed by atoms with E-state index in [9.17, 15) is 9.90 Å². The number of ether oxygens (including phenoxy) is 3. The van der Waals surface area contributed by atoms with Crippen LogP contribution in [-0.4, -0.2) is 73.1 Å². The van der Waals surface area contributed by atoms with Crippen molar-refractivity contribution in [1.29, 1.82) is 0 Å². The van der Waals surface area contributed by atoms with Gasteiger partial charge in [-0.25, -0.2) is 9.78 Å². The summed E-state index contributed by atoms with van der Waals surface area (Å²) in [6.07, 6.45) is 5.13. The molecule has 2 aromatic rings. The van der Waals surface area contributed by atoms with E-state index in [2.05, 4.69) is 26.9 Å². The van der Waals surface area contributed by atoms with Gasteiger partial charge in [0.1, 0.15) is 29.5 Å². The fourth-order valence-corrected chi connectivity index (χ4v) is 4.41. The number of methoxy groups -OCH3 is 1. The first kappa shape index (κ1) is 25.7. The van der Waals surface area contributed by atoms with Gasteiger partial charge in [-0.2, -0.15) is 0 Å². The SMILES string of the molecule is COC1=C(COc2cccc(CN3CCN(c4ncccc4C(=O)OC(C)C)CC3)c2)C=CC(O)C1. The summed E-state index contributed by atoms with van der Waals surface area (Å²) < 4.78 is 16.8. The average Bonchev–Trinajstić information content (AvgIpc) is 2.88. The van der Waals surface area contributed by atoms with Crippen LogP contribution in [0.3, 0.4) is 0 Å². The van der Waals surface area contributed by atoms with Crippen LogP contribution in [0, 0.1) is 0 Å². The maximum Gasteiger partial charge on any atom is 0.342 e. The van der Waals surface area contributed by atoms with Crippen LogP contribution >= 0.6 is 0 Å². The number of hydrogen-bond acceptors (Lipinski definition) is 8. The van der Waals surface area contributed by atoms with E-state index >= 15 is 0 Å². The molecule has 1 saturated heterocycles. The smallest absolute Gasteiger partial charge is 0.342 e. The fraction of sp³-hybridized carbons (Fsp3) is 0.429. The summed E-state index contributed by atoms with van der Waals surface area (Å²) in [6.45, 7) is 8.17. The largest absolute Gasteiger partial charge is 0.501 e. The minimum atomic E-state index is -0.509. The van der Waals surface area contributed by atoms with E-state index in [0.717, 1.165) is 49.8 Å². The molecule has 0 saturated carbocycles. The molecule has 1 unspecified atom stereocenters. The molecular formula is C28H35N3O5. The van der Waals surface area contributed by atoms with Crippen molar-refractivity contribution >= 4 is 11.8 Å². The zero-order valence-electron chi connectivity index (χ0n) is 21.2. The molecule has 1 aliphatic heterocycles. The first-order valence-corrected chi connectivity index (χ1v) is 12.4. The predicted molar refractivity (Wildman–Crippen MR) is 138 cm³/mol. The molecule has 1 aromatic carbocycles. The Morgan fingerprint density at radius 3 is 2.72 bits per heavy atom. The summed E-state index contributed by atoms with van der Waals surface area (Å²) in [7, 11) is 1.62. The van der Waals surface area contributed by atoms with E-state index in [1.54, 1.807) is 31.5 Å². The highest BCUT2D eigenvalue weighted by Gasteiger charge is 2.24. The molecule has 0 amide bonds. The van der Waals surface area contributed by atoms with Crippen molar-refractivity contribution in [1.82, 2.24) is 9.88 Å². The second-order valence-corrected chi connectivity index (χ2v) is 9.31. The highest BCUT2D eigenvalue weighted by Crippen LogP contribution is 2.24. The molecule has 1 atom stereocenters. The van der Waals surface area contributed by atoms with Crippen LogP contribution in [0.25, 0.3) is 0 Å². The number of anilines is 1. The summed E-state index contributed by atoms with van der Waals surface area (Å²) >= 11 is 0. The molecule has 2 aliphatic rings. The summed E-state index contributed by atoms with van der Waals surface area (Å²) in [6, 6.07) is 11.7. The molecule has 1 N–H and O–H groups in total. The quantitative estimate of drug-likeness (QED) is 0.531. The Hall–Kier alpha value is -3.36. The highest BCUT2D eigenvalue weighted by atomic mass is 16.5. The molecule has 0 bridgehead atoms. The van der Waals surface area contributed by atoms with Crippen molar-refractivity contribution in [2.24, 2.45) is 0 Å². The summed E-state index contributed by atoms with van der Waals surface area (Å²) in [5.41, 5.74) is 2.63. The standard InChI is InChI=1S/C28H35N3O5/c1-20(2)36-28(33)25-8-5-11-29-27(25)31-14-12-30(13-15-31)18-21-6-4-7-24(16-21)35-19-22-9-10-23(32)17-26(22)34-3/h4-11,16,20,23,32H,12-15,17-19H2,1-3H3. The van der Waals surface area contributed by atoms with Crippen molar-refractivity contribution in [3.05, 3.63) is 77.2 Å². The molecule has 1 fully saturated rings. The van der Waals surface area contributed by atoms with E-state index in [1.165, 1.54) is 5.56 Å². The van der Waals surface area contributed by atoms with Crippen LogP contribution in [0.5, 0.6) is 5.75 Å². The number of nitrogens with zero attached hydrogens (tertiary/aromatic N) is 3. The van der Waals surface area contributed by atoms with Crippen molar-refractivity contribution in [2.45, 2.75) is 39.0 Å². The summed E-state index contributed by atoms with van der Waals surface area (Å²) in [5, 5.41) is 9.78. The molecule has 1 aromatic heterocycles. The lowest BCUT2D eigenvalue weighted by Gasteiger charge is -2.36. The Kier molecular flexibility index (Phi) is 8.61. The second kappa shape index (κ2) is 12.1. The van der Waals surface area contributed by atoms with Crippen LogP contribution in [-0.2, 0) is 16.0 Å². The topological polar surface area (TPSA) is 84.4 Å². The van der Waals surface area contributed by atoms with Crippen LogP contribution in [0.2, 0.25) is 0 Å². The first-order chi connectivity index (χ1) is 17.4. The molecule has 4 rings (SSSR count). The minimum Gasteiger partial charge on any atom is -0.501 e. The third-order valence-electron chi connectivity index (χ3n) is 6.24. The number of aliphatic hydroxyl groups is 1. The van der Waals surface area contributed by atoms with Gasteiger partial charge in [0.2, 0.25) is 0 Å². The Morgan fingerprint density at radius 2 is 1.97 bits per heavy atom. The molecule has 1 aliphatic carbocycles. The predicted octanol–water partition coefficient (Wildman–Crippen LogP) is 3.57. The number of hydrogen-bond donors (Lipinski definition) is 1. The van der Waals surface area contributed by atoms with E-state index in [-0.39, 0.29) is 12.1 Å². The second-order valence-electron chi connectivity index (χ2n) is 9.31. The van der Waals surface area contributed by atoms with Crippen LogP contribution in [0.15, 0.2) is 66.1 Å². The molecule has 8 nitrogen and oxygen atoms in total. The third-order valence-corrected chi connectivity index (χ3v) is 6.24. The maximum atomic E-state index is 12.5. The maximum absolute atomic E-state index is 12.5. The van der Waals surface area contributed by atoms with Gasteiger partial charge < -0.3 is 24.2 Å². The molecule has 36 heavy (non-hydrogen) atoms. The van der Waals surface area contributed by atoms with Gasteiger partial charge in [0.05, 0.1) is 19.3 Å². The lowest BCUT2D eigenvalue weighted by molar-refractivity contribution is 0.0378. The number of aromatic nitrogens is 1. The zero-order chi connectivity index (χ0) is 25.5. The molecule has 0 radical (unpaired) electrons. The van der Waals surface area contributed by atoms with Gasteiger partial charge in [-0.1, -0.05) is 24.3 Å². The monoisotopic (exact) mass is 493 g/mol. The molecule has 192 valence electrons. The molecule has 2 heterocycles. The Labute approximate surface area is 212 Å². The van der Waals surface area contributed by atoms with Crippen molar-refractivity contribution in [2.75, 3.05) is 44.8 Å². The van der Waals surface area contributed by atoms with Crippen LogP contribution in [0.1, 0.15) is 36.2 Å². The Balaban J connectivity index is 1.32. The lowest BCUT2D eigenvalue weighted by Crippen LogP contribution is -2.46. The number of carbonyl (C=O) groups is 1. The van der Waals surface area contributed by atoms with Gasteiger partial charge in [-0.05, 0) is 43.7 Å². The van der Waals surface area contributed by atoms with E-state index in [1.807, 2.05) is 32.1 Å². The van der Waals surface area contributed by atoms with Gasteiger partial charge in [0, 0.05) is 50.9 Å². The average molecular weight is 494 g/mol. The number of benzene rings is 1. The number of piperazine rings is 1. The molecule has 8 heteroatoms. The normalized spacial score (nSPS) is 18.5. The number of aliphatic hydroxyl groups excluding tert-OH is 1. The highest BCUT2D eigenvalue weighted by molar-refractivity contribution is 5.94. The van der Waals surface area contributed by atoms with Gasteiger partial charge >= 0.3 is 5.97 Å². The van der Waals surface area contributed by atoms with Gasteiger partial charge in [-0.15, -0.1) is 0 Å². The lowest BCUT2D eigenvalue weighted by atomic mass is 10.0. The Bertz CT molecular complexity index is 1110. The summed E-state index contributed by atoms with van der Waals surface area (Å²) in [5.74, 6) is 1.91. The van der Waals surface area contributed by atoms with Gasteiger partial charge in [-0.3, -0.25) is 4.90 Å². The minimum absolute atomic E-state index is 0.173. The fourth-order valence-electron chi connectivity index (χ4n) is 4.41. The van der Waals surface area contributed by atoms with Crippen LogP contribution < -0.4 is 9.64 Å². The number of rotatable bonds is 9. The van der Waals surface area contributed by atoms with Crippen molar-refractivity contribution in [3.63, 3.8) is 0 Å². The van der Waals surface area contributed by atoms with Crippen molar-refractivity contribution < 1.29 is 24.1 Å². The zero-order valence-corrected chi connectivity index (χ0v) is 21.2. The first-order valence-electron chi connectivity index (χ1n) is 12.4. The number of carbonyl (C=O) groups excluding carboxylic acids is 1. The Morgan fingerprint density at radius 1 is 1.17 bits per heavy atom. The third kappa shape index (κ3) is 6.65. The van der Waals surface area contributed by atoms with Gasteiger partial charge in [0.25, 0.3) is 0 Å². The molecule has 0 spiro atoms. The number of pyridine rings is 1. The summed E-state index contributed by atoms with van der Waals surface area (Å²) in [4.78, 5) is 21.6.